The van der Waals surface area contributed by atoms with Crippen LogP contribution in [0.15, 0.2) is 91.0 Å². The van der Waals surface area contributed by atoms with E-state index in [1.807, 2.05) is 95.9 Å². The molecule has 0 bridgehead atoms. The molecule has 1 amide bonds. The third-order valence-electron chi connectivity index (χ3n) is 4.76. The molecule has 0 N–H and O–H groups in total. The molecule has 1 aliphatic heterocycles. The van der Waals surface area contributed by atoms with Crippen LogP contribution in [-0.4, -0.2) is 15.9 Å². The van der Waals surface area contributed by atoms with Crippen LogP contribution in [-0.2, 0) is 9.67 Å². The molecule has 3 nitrogen and oxygen atoms in total. The summed E-state index contributed by atoms with van der Waals surface area (Å²) in [7, 11) is 0. The van der Waals surface area contributed by atoms with E-state index in [4.69, 9.17) is 0 Å². The normalized spacial score (nSPS) is 20.9. The van der Waals surface area contributed by atoms with Gasteiger partial charge in [-0.05, 0) is 23.3 Å². The number of rotatable bonds is 4. The summed E-state index contributed by atoms with van der Waals surface area (Å²) in [6.07, 6.45) is 0. The van der Waals surface area contributed by atoms with E-state index in [2.05, 4.69) is 0 Å². The fourth-order valence-electron chi connectivity index (χ4n) is 3.63. The SMILES string of the molecule is CC(=O)SC1(c2ccccc2)C(c2ccccc2)N1C(=O)c1ccccc1. The van der Waals surface area contributed by atoms with Crippen molar-refractivity contribution in [2.24, 2.45) is 0 Å². The van der Waals surface area contributed by atoms with Crippen LogP contribution in [0.1, 0.15) is 34.5 Å². The lowest BCUT2D eigenvalue weighted by Crippen LogP contribution is -2.20. The molecule has 2 unspecified atom stereocenters. The Kier molecular flexibility index (Phi) is 4.58. The quantitative estimate of drug-likeness (QED) is 0.603. The van der Waals surface area contributed by atoms with Crippen molar-refractivity contribution in [2.75, 3.05) is 0 Å². The molecule has 0 saturated carbocycles. The van der Waals surface area contributed by atoms with Gasteiger partial charge in [-0.2, -0.15) is 0 Å². The number of amides is 1. The summed E-state index contributed by atoms with van der Waals surface area (Å²) in [6.45, 7) is 1.56. The summed E-state index contributed by atoms with van der Waals surface area (Å²) >= 11 is 1.22. The molecule has 2 atom stereocenters. The monoisotopic (exact) mass is 373 g/mol. The highest BCUT2D eigenvalue weighted by Crippen LogP contribution is 2.67. The second-order valence-electron chi connectivity index (χ2n) is 6.51. The van der Waals surface area contributed by atoms with Gasteiger partial charge in [-0.3, -0.25) is 9.59 Å². The van der Waals surface area contributed by atoms with Crippen molar-refractivity contribution in [1.82, 2.24) is 4.90 Å². The molecule has 0 radical (unpaired) electrons. The zero-order chi connectivity index (χ0) is 18.9. The Bertz CT molecular complexity index is 959. The first-order valence-electron chi connectivity index (χ1n) is 8.83. The highest BCUT2D eigenvalue weighted by Gasteiger charge is 2.68. The molecule has 1 fully saturated rings. The molecule has 4 heteroatoms. The van der Waals surface area contributed by atoms with E-state index in [1.165, 1.54) is 11.8 Å². The Morgan fingerprint density at radius 1 is 0.815 bits per heavy atom. The van der Waals surface area contributed by atoms with E-state index >= 15 is 0 Å². The maximum atomic E-state index is 13.4. The van der Waals surface area contributed by atoms with Gasteiger partial charge in [0.25, 0.3) is 5.91 Å². The van der Waals surface area contributed by atoms with Crippen LogP contribution in [0.3, 0.4) is 0 Å². The number of carbonyl (C=O) groups excluding carboxylic acids is 2. The first-order chi connectivity index (χ1) is 13.1. The molecule has 0 aliphatic carbocycles. The Morgan fingerprint density at radius 3 is 1.89 bits per heavy atom. The number of hydrogen-bond donors (Lipinski definition) is 0. The summed E-state index contributed by atoms with van der Waals surface area (Å²) in [6, 6.07) is 28.8. The minimum absolute atomic E-state index is 0.0110. The first kappa shape index (κ1) is 17.6. The topological polar surface area (TPSA) is 37.1 Å². The van der Waals surface area contributed by atoms with Crippen LogP contribution >= 0.6 is 11.8 Å². The summed E-state index contributed by atoms with van der Waals surface area (Å²) in [5.74, 6) is -0.0675. The molecule has 1 saturated heterocycles. The Hall–Kier alpha value is -2.85. The molecular formula is C23H19NO2S. The summed E-state index contributed by atoms with van der Waals surface area (Å²) in [5, 5.41) is -0.0110. The van der Waals surface area contributed by atoms with Crippen molar-refractivity contribution in [3.63, 3.8) is 0 Å². The van der Waals surface area contributed by atoms with E-state index in [1.54, 1.807) is 6.92 Å². The van der Waals surface area contributed by atoms with Crippen LogP contribution in [0.25, 0.3) is 0 Å². The highest BCUT2D eigenvalue weighted by molar-refractivity contribution is 8.14. The average Bonchev–Trinajstić information content (AvgIpc) is 3.38. The van der Waals surface area contributed by atoms with Gasteiger partial charge in [0.2, 0.25) is 0 Å². The van der Waals surface area contributed by atoms with Crippen LogP contribution in [0, 0.1) is 0 Å². The average molecular weight is 373 g/mol. The van der Waals surface area contributed by atoms with Gasteiger partial charge >= 0.3 is 0 Å². The van der Waals surface area contributed by atoms with E-state index < -0.39 is 4.87 Å². The Labute approximate surface area is 163 Å². The van der Waals surface area contributed by atoms with Gasteiger partial charge in [0.15, 0.2) is 5.12 Å². The van der Waals surface area contributed by atoms with Gasteiger partial charge in [-0.25, -0.2) is 0 Å². The number of thioether (sulfide) groups is 1. The zero-order valence-electron chi connectivity index (χ0n) is 14.9. The van der Waals surface area contributed by atoms with Gasteiger partial charge in [0.05, 0.1) is 6.04 Å². The van der Waals surface area contributed by atoms with Crippen LogP contribution < -0.4 is 0 Å². The molecular weight excluding hydrogens is 354 g/mol. The van der Waals surface area contributed by atoms with Gasteiger partial charge in [-0.1, -0.05) is 90.6 Å². The second kappa shape index (κ2) is 7.05. The van der Waals surface area contributed by atoms with E-state index in [-0.39, 0.29) is 17.1 Å². The molecule has 3 aromatic carbocycles. The highest BCUT2D eigenvalue weighted by atomic mass is 32.2. The molecule has 3 aromatic rings. The minimum atomic E-state index is -0.721. The molecule has 0 aromatic heterocycles. The lowest BCUT2D eigenvalue weighted by Gasteiger charge is -2.16. The second-order valence-corrected chi connectivity index (χ2v) is 7.91. The van der Waals surface area contributed by atoms with E-state index in [0.717, 1.165) is 11.1 Å². The lowest BCUT2D eigenvalue weighted by molar-refractivity contribution is -0.109. The van der Waals surface area contributed by atoms with Crippen molar-refractivity contribution >= 4 is 22.8 Å². The van der Waals surface area contributed by atoms with Crippen molar-refractivity contribution in [1.29, 1.82) is 0 Å². The maximum absolute atomic E-state index is 13.4. The fraction of sp³-hybridized carbons (Fsp3) is 0.130. The van der Waals surface area contributed by atoms with E-state index in [9.17, 15) is 9.59 Å². The molecule has 1 aliphatic rings. The Balaban J connectivity index is 1.85. The lowest BCUT2D eigenvalue weighted by atomic mass is 10.0. The maximum Gasteiger partial charge on any atom is 0.255 e. The number of carbonyl (C=O) groups is 2. The Morgan fingerprint density at radius 2 is 1.33 bits per heavy atom. The largest absolute Gasteiger partial charge is 0.306 e. The van der Waals surface area contributed by atoms with Crippen molar-refractivity contribution in [2.45, 2.75) is 17.8 Å². The molecule has 4 rings (SSSR count). The van der Waals surface area contributed by atoms with Crippen molar-refractivity contribution in [3.8, 4) is 0 Å². The standard InChI is InChI=1S/C23H19NO2S/c1-17(25)27-23(20-15-9-4-10-16-20)21(18-11-5-2-6-12-18)24(23)22(26)19-13-7-3-8-14-19/h2-16,21H,1H3. The zero-order valence-corrected chi connectivity index (χ0v) is 15.7. The number of nitrogens with zero attached hydrogens (tertiary/aromatic N) is 1. The van der Waals surface area contributed by atoms with Gasteiger partial charge in [0, 0.05) is 12.5 Å². The predicted octanol–water partition coefficient (Wildman–Crippen LogP) is 5.02. The van der Waals surface area contributed by atoms with Crippen LogP contribution in [0.2, 0.25) is 0 Å². The molecule has 27 heavy (non-hydrogen) atoms. The third kappa shape index (κ3) is 3.06. The van der Waals surface area contributed by atoms with Crippen molar-refractivity contribution in [3.05, 3.63) is 108 Å². The van der Waals surface area contributed by atoms with Gasteiger partial charge in [-0.15, -0.1) is 0 Å². The van der Waals surface area contributed by atoms with Crippen LogP contribution in [0.4, 0.5) is 0 Å². The van der Waals surface area contributed by atoms with Crippen LogP contribution in [0.5, 0.6) is 0 Å². The van der Waals surface area contributed by atoms with Gasteiger partial charge in [0.1, 0.15) is 4.87 Å². The van der Waals surface area contributed by atoms with E-state index in [0.29, 0.717) is 5.56 Å². The molecule has 0 spiro atoms. The summed E-state index contributed by atoms with van der Waals surface area (Å²) < 4.78 is 0. The smallest absolute Gasteiger partial charge is 0.255 e. The minimum Gasteiger partial charge on any atom is -0.306 e. The third-order valence-corrected chi connectivity index (χ3v) is 6.01. The molecule has 134 valence electrons. The molecule has 1 heterocycles. The van der Waals surface area contributed by atoms with Gasteiger partial charge < -0.3 is 4.90 Å². The van der Waals surface area contributed by atoms with Crippen molar-refractivity contribution < 1.29 is 9.59 Å². The number of hydrogen-bond acceptors (Lipinski definition) is 3. The number of benzene rings is 3. The summed E-state index contributed by atoms with van der Waals surface area (Å²) in [4.78, 5) is 26.7. The predicted molar refractivity (Wildman–Crippen MR) is 108 cm³/mol. The summed E-state index contributed by atoms with van der Waals surface area (Å²) in [5.41, 5.74) is 2.61. The fourth-order valence-corrected chi connectivity index (χ4v) is 4.91. The first-order valence-corrected chi connectivity index (χ1v) is 9.65.